The molecular weight excluding hydrogens is 126 g/mol. The van der Waals surface area contributed by atoms with Crippen LogP contribution in [0.5, 0.6) is 0 Å². The summed E-state index contributed by atoms with van der Waals surface area (Å²) >= 11 is 0. The standard InChI is InChI=1S/C7H13N3/c1-7-3-8-5-9-6-10(2)4-7/h5-7H,3-4H2,1-2H3. The van der Waals surface area contributed by atoms with Crippen LogP contribution in [0.25, 0.3) is 0 Å². The summed E-state index contributed by atoms with van der Waals surface area (Å²) in [5.74, 6) is 0.632. The molecule has 1 atom stereocenters. The van der Waals surface area contributed by atoms with Crippen LogP contribution in [0.3, 0.4) is 0 Å². The van der Waals surface area contributed by atoms with Crippen molar-refractivity contribution >= 4 is 12.7 Å². The van der Waals surface area contributed by atoms with E-state index in [2.05, 4.69) is 21.8 Å². The smallest absolute Gasteiger partial charge is 0.111 e. The topological polar surface area (TPSA) is 28.0 Å². The van der Waals surface area contributed by atoms with Gasteiger partial charge in [-0.1, -0.05) is 6.92 Å². The molecule has 0 aromatic rings. The Balaban J connectivity index is 2.52. The van der Waals surface area contributed by atoms with E-state index in [-0.39, 0.29) is 0 Å². The third-order valence-corrected chi connectivity index (χ3v) is 1.43. The van der Waals surface area contributed by atoms with Gasteiger partial charge >= 0.3 is 0 Å². The van der Waals surface area contributed by atoms with Crippen LogP contribution in [0.1, 0.15) is 6.92 Å². The molecule has 0 saturated heterocycles. The summed E-state index contributed by atoms with van der Waals surface area (Å²) < 4.78 is 0. The van der Waals surface area contributed by atoms with Crippen molar-refractivity contribution in [3.63, 3.8) is 0 Å². The van der Waals surface area contributed by atoms with Crippen LogP contribution in [0.4, 0.5) is 0 Å². The third kappa shape index (κ3) is 2.17. The minimum atomic E-state index is 0.632. The predicted molar refractivity (Wildman–Crippen MR) is 43.6 cm³/mol. The van der Waals surface area contributed by atoms with Crippen LogP contribution in [-0.4, -0.2) is 37.7 Å². The number of rotatable bonds is 0. The summed E-state index contributed by atoms with van der Waals surface area (Å²) in [6.45, 7) is 4.12. The zero-order valence-electron chi connectivity index (χ0n) is 6.49. The lowest BCUT2D eigenvalue weighted by atomic mass is 10.2. The van der Waals surface area contributed by atoms with Gasteiger partial charge < -0.3 is 4.90 Å². The van der Waals surface area contributed by atoms with Gasteiger partial charge in [-0.25, -0.2) is 4.99 Å². The van der Waals surface area contributed by atoms with E-state index in [0.29, 0.717) is 5.92 Å². The Morgan fingerprint density at radius 3 is 3.20 bits per heavy atom. The summed E-state index contributed by atoms with van der Waals surface area (Å²) in [5.41, 5.74) is 0. The second-order valence-electron chi connectivity index (χ2n) is 2.79. The summed E-state index contributed by atoms with van der Waals surface area (Å²) in [7, 11) is 2.03. The molecule has 0 spiro atoms. The zero-order chi connectivity index (χ0) is 7.40. The molecule has 0 aromatic heterocycles. The molecule has 0 saturated carbocycles. The average molecular weight is 139 g/mol. The number of hydrogen-bond acceptors (Lipinski definition) is 3. The normalized spacial score (nSPS) is 26.2. The van der Waals surface area contributed by atoms with Crippen LogP contribution >= 0.6 is 0 Å². The van der Waals surface area contributed by atoms with Gasteiger partial charge in [0.1, 0.15) is 6.34 Å². The Hall–Kier alpha value is -0.860. The Labute approximate surface area is 61.5 Å². The minimum absolute atomic E-state index is 0.632. The van der Waals surface area contributed by atoms with Crippen molar-refractivity contribution in [1.29, 1.82) is 0 Å². The largest absolute Gasteiger partial charge is 0.365 e. The molecule has 10 heavy (non-hydrogen) atoms. The fourth-order valence-electron chi connectivity index (χ4n) is 1.01. The van der Waals surface area contributed by atoms with Crippen LogP contribution in [0, 0.1) is 5.92 Å². The molecule has 1 heterocycles. The lowest BCUT2D eigenvalue weighted by Crippen LogP contribution is -2.25. The highest BCUT2D eigenvalue weighted by Crippen LogP contribution is 1.98. The molecule has 0 aromatic carbocycles. The van der Waals surface area contributed by atoms with E-state index in [1.165, 1.54) is 0 Å². The van der Waals surface area contributed by atoms with E-state index in [1.54, 1.807) is 12.7 Å². The predicted octanol–water partition coefficient (Wildman–Crippen LogP) is 0.625. The van der Waals surface area contributed by atoms with Gasteiger partial charge in [0.2, 0.25) is 0 Å². The number of nitrogens with zero attached hydrogens (tertiary/aromatic N) is 3. The first-order valence-corrected chi connectivity index (χ1v) is 3.51. The Bertz CT molecular complexity index is 151. The Kier molecular flexibility index (Phi) is 2.42. The van der Waals surface area contributed by atoms with Crippen molar-refractivity contribution in [2.24, 2.45) is 15.9 Å². The fraction of sp³-hybridized carbons (Fsp3) is 0.714. The first kappa shape index (κ1) is 7.25. The molecule has 0 aliphatic carbocycles. The third-order valence-electron chi connectivity index (χ3n) is 1.43. The van der Waals surface area contributed by atoms with E-state index in [9.17, 15) is 0 Å². The monoisotopic (exact) mass is 139 g/mol. The van der Waals surface area contributed by atoms with Gasteiger partial charge in [0.05, 0.1) is 6.34 Å². The zero-order valence-corrected chi connectivity index (χ0v) is 6.49. The van der Waals surface area contributed by atoms with Crippen molar-refractivity contribution in [1.82, 2.24) is 4.90 Å². The van der Waals surface area contributed by atoms with Gasteiger partial charge in [0.15, 0.2) is 0 Å². The SMILES string of the molecule is CC1CN=CN=CN(C)C1. The summed E-state index contributed by atoms with van der Waals surface area (Å²) in [6, 6.07) is 0. The quantitative estimate of drug-likeness (QED) is 0.483. The highest BCUT2D eigenvalue weighted by atomic mass is 15.1. The molecule has 0 bridgehead atoms. The minimum Gasteiger partial charge on any atom is -0.365 e. The van der Waals surface area contributed by atoms with Crippen LogP contribution in [0.15, 0.2) is 9.98 Å². The summed E-state index contributed by atoms with van der Waals surface area (Å²) in [5, 5.41) is 0. The second-order valence-corrected chi connectivity index (χ2v) is 2.79. The maximum Gasteiger partial charge on any atom is 0.111 e. The maximum absolute atomic E-state index is 4.10. The Morgan fingerprint density at radius 2 is 2.40 bits per heavy atom. The highest BCUT2D eigenvalue weighted by molar-refractivity contribution is 5.70. The van der Waals surface area contributed by atoms with Crippen molar-refractivity contribution < 1.29 is 0 Å². The van der Waals surface area contributed by atoms with Gasteiger partial charge in [0.25, 0.3) is 0 Å². The van der Waals surface area contributed by atoms with E-state index in [0.717, 1.165) is 13.1 Å². The first-order valence-electron chi connectivity index (χ1n) is 3.51. The summed E-state index contributed by atoms with van der Waals surface area (Å²) in [6.07, 6.45) is 3.42. The van der Waals surface area contributed by atoms with Crippen molar-refractivity contribution in [3.8, 4) is 0 Å². The number of aliphatic imine (C=N–C) groups is 2. The molecule has 1 unspecified atom stereocenters. The van der Waals surface area contributed by atoms with Crippen LogP contribution in [0.2, 0.25) is 0 Å². The molecule has 3 nitrogen and oxygen atoms in total. The first-order chi connectivity index (χ1) is 4.79. The summed E-state index contributed by atoms with van der Waals surface area (Å²) in [4.78, 5) is 10.1. The molecule has 0 amide bonds. The average Bonchev–Trinajstić information content (AvgIpc) is 1.83. The molecule has 0 N–H and O–H groups in total. The molecular formula is C7H13N3. The van der Waals surface area contributed by atoms with Crippen molar-refractivity contribution in [2.45, 2.75) is 6.92 Å². The highest BCUT2D eigenvalue weighted by Gasteiger charge is 2.03. The van der Waals surface area contributed by atoms with Crippen molar-refractivity contribution in [2.75, 3.05) is 20.1 Å². The lowest BCUT2D eigenvalue weighted by Gasteiger charge is -2.18. The van der Waals surface area contributed by atoms with Gasteiger partial charge in [-0.05, 0) is 5.92 Å². The molecule has 1 aliphatic rings. The Morgan fingerprint density at radius 1 is 1.60 bits per heavy atom. The van der Waals surface area contributed by atoms with Crippen LogP contribution in [-0.2, 0) is 0 Å². The molecule has 0 radical (unpaired) electrons. The second kappa shape index (κ2) is 3.34. The molecule has 0 fully saturated rings. The molecule has 1 aliphatic heterocycles. The molecule has 1 rings (SSSR count). The lowest BCUT2D eigenvalue weighted by molar-refractivity contribution is 0.417. The fourth-order valence-corrected chi connectivity index (χ4v) is 1.01. The van der Waals surface area contributed by atoms with E-state index in [4.69, 9.17) is 0 Å². The molecule has 56 valence electrons. The van der Waals surface area contributed by atoms with E-state index < -0.39 is 0 Å². The maximum atomic E-state index is 4.10. The van der Waals surface area contributed by atoms with Gasteiger partial charge in [-0.15, -0.1) is 0 Å². The van der Waals surface area contributed by atoms with Gasteiger partial charge in [-0.3, -0.25) is 4.99 Å². The van der Waals surface area contributed by atoms with Gasteiger partial charge in [-0.2, -0.15) is 0 Å². The van der Waals surface area contributed by atoms with Crippen LogP contribution < -0.4 is 0 Å². The molecule has 3 heteroatoms. The van der Waals surface area contributed by atoms with Gasteiger partial charge in [0, 0.05) is 20.1 Å². The van der Waals surface area contributed by atoms with E-state index >= 15 is 0 Å². The van der Waals surface area contributed by atoms with E-state index in [1.807, 2.05) is 7.05 Å². The number of hydrogen-bond donors (Lipinski definition) is 0. The van der Waals surface area contributed by atoms with Crippen molar-refractivity contribution in [3.05, 3.63) is 0 Å².